The summed E-state index contributed by atoms with van der Waals surface area (Å²) in [6.07, 6.45) is 3.86. The van der Waals surface area contributed by atoms with Gasteiger partial charge in [-0.25, -0.2) is 0 Å². The van der Waals surface area contributed by atoms with Crippen molar-refractivity contribution in [3.8, 4) is 0 Å². The number of rotatable bonds is 3. The summed E-state index contributed by atoms with van der Waals surface area (Å²) >= 11 is 0. The fourth-order valence-electron chi connectivity index (χ4n) is 4.38. The molecule has 0 bridgehead atoms. The molecule has 3 aliphatic heterocycles. The van der Waals surface area contributed by atoms with E-state index in [0.717, 1.165) is 19.6 Å². The predicted octanol–water partition coefficient (Wildman–Crippen LogP) is 1.86. The second-order valence-corrected chi connectivity index (χ2v) is 7.93. The Hall–Kier alpha value is -1.92. The van der Waals surface area contributed by atoms with Crippen molar-refractivity contribution < 1.29 is 14.3 Å². The van der Waals surface area contributed by atoms with E-state index in [0.29, 0.717) is 49.5 Å². The average Bonchev–Trinajstić information content (AvgIpc) is 2.68. The van der Waals surface area contributed by atoms with Gasteiger partial charge in [0, 0.05) is 49.4 Å². The molecule has 0 radical (unpaired) electrons. The van der Waals surface area contributed by atoms with Gasteiger partial charge >= 0.3 is 0 Å². The first-order valence-corrected chi connectivity index (χ1v) is 10.2. The highest BCUT2D eigenvalue weighted by Gasteiger charge is 2.37. The number of likely N-dealkylation sites (tertiary alicyclic amines) is 2. The summed E-state index contributed by atoms with van der Waals surface area (Å²) in [6, 6.07) is 8.25. The number of carbonyl (C=O) groups is 2. The maximum absolute atomic E-state index is 12.7. The summed E-state index contributed by atoms with van der Waals surface area (Å²) in [4.78, 5) is 31.5. The second-order valence-electron chi connectivity index (χ2n) is 7.93. The standard InChI is InChI=1S/C21H29N3O3/c1-16-4-2-3-9-24(16)19-14-23(15-19)21(26)18-7-5-17(6-8-18)20(25)22-10-12-27-13-11-22/h5-8,16,19H,2-4,9-15H2,1H3. The maximum Gasteiger partial charge on any atom is 0.254 e. The monoisotopic (exact) mass is 371 g/mol. The predicted molar refractivity (Wildman–Crippen MR) is 103 cm³/mol. The summed E-state index contributed by atoms with van der Waals surface area (Å²) < 4.78 is 5.29. The van der Waals surface area contributed by atoms with Crippen molar-refractivity contribution in [1.82, 2.24) is 14.7 Å². The summed E-state index contributed by atoms with van der Waals surface area (Å²) in [6.45, 7) is 7.53. The van der Waals surface area contributed by atoms with Crippen LogP contribution in [-0.4, -0.2) is 84.5 Å². The van der Waals surface area contributed by atoms with Crippen LogP contribution in [0.15, 0.2) is 24.3 Å². The molecule has 0 saturated carbocycles. The highest BCUT2D eigenvalue weighted by Crippen LogP contribution is 2.25. The van der Waals surface area contributed by atoms with Gasteiger partial charge in [-0.15, -0.1) is 0 Å². The molecule has 6 heteroatoms. The molecule has 1 atom stereocenters. The Morgan fingerprint density at radius 1 is 0.889 bits per heavy atom. The topological polar surface area (TPSA) is 53.1 Å². The fraction of sp³-hybridized carbons (Fsp3) is 0.619. The number of ether oxygens (including phenoxy) is 1. The molecule has 0 aromatic heterocycles. The zero-order valence-corrected chi connectivity index (χ0v) is 16.1. The molecular weight excluding hydrogens is 342 g/mol. The molecule has 27 heavy (non-hydrogen) atoms. The Balaban J connectivity index is 1.32. The van der Waals surface area contributed by atoms with E-state index in [1.165, 1.54) is 19.3 Å². The molecule has 0 spiro atoms. The van der Waals surface area contributed by atoms with Gasteiger partial charge in [-0.2, -0.15) is 0 Å². The van der Waals surface area contributed by atoms with Gasteiger partial charge in [0.1, 0.15) is 0 Å². The molecule has 0 aliphatic carbocycles. The van der Waals surface area contributed by atoms with Crippen LogP contribution in [0.4, 0.5) is 0 Å². The minimum absolute atomic E-state index is 0.0143. The Morgan fingerprint density at radius 2 is 1.48 bits per heavy atom. The van der Waals surface area contributed by atoms with Crippen molar-refractivity contribution >= 4 is 11.8 Å². The third kappa shape index (κ3) is 3.87. The maximum atomic E-state index is 12.7. The number of amides is 2. The van der Waals surface area contributed by atoms with E-state index in [4.69, 9.17) is 4.74 Å². The molecule has 6 nitrogen and oxygen atoms in total. The van der Waals surface area contributed by atoms with Crippen LogP contribution in [-0.2, 0) is 4.74 Å². The number of morpholine rings is 1. The van der Waals surface area contributed by atoms with Gasteiger partial charge in [-0.05, 0) is 50.6 Å². The van der Waals surface area contributed by atoms with E-state index in [9.17, 15) is 9.59 Å². The van der Waals surface area contributed by atoms with Crippen molar-refractivity contribution in [2.45, 2.75) is 38.3 Å². The van der Waals surface area contributed by atoms with Crippen molar-refractivity contribution in [1.29, 1.82) is 0 Å². The lowest BCUT2D eigenvalue weighted by Crippen LogP contribution is -2.63. The Morgan fingerprint density at radius 3 is 2.07 bits per heavy atom. The van der Waals surface area contributed by atoms with Gasteiger partial charge in [-0.3, -0.25) is 14.5 Å². The number of carbonyl (C=O) groups excluding carboxylic acids is 2. The molecule has 3 heterocycles. The molecule has 4 rings (SSSR count). The summed E-state index contributed by atoms with van der Waals surface area (Å²) in [5.41, 5.74) is 1.30. The Bertz CT molecular complexity index is 678. The number of hydrogen-bond donors (Lipinski definition) is 0. The van der Waals surface area contributed by atoms with Crippen molar-refractivity contribution in [3.05, 3.63) is 35.4 Å². The Kier molecular flexibility index (Phi) is 5.45. The van der Waals surface area contributed by atoms with Crippen molar-refractivity contribution in [2.75, 3.05) is 45.9 Å². The smallest absolute Gasteiger partial charge is 0.254 e. The summed E-state index contributed by atoms with van der Waals surface area (Å²) in [7, 11) is 0. The first-order valence-electron chi connectivity index (χ1n) is 10.2. The molecule has 3 saturated heterocycles. The van der Waals surface area contributed by atoms with Crippen molar-refractivity contribution in [2.24, 2.45) is 0 Å². The van der Waals surface area contributed by atoms with E-state index in [1.807, 2.05) is 4.90 Å². The average molecular weight is 371 g/mol. The molecular formula is C21H29N3O3. The molecule has 3 fully saturated rings. The fourth-order valence-corrected chi connectivity index (χ4v) is 4.38. The van der Waals surface area contributed by atoms with Gasteiger partial charge in [-0.1, -0.05) is 6.42 Å². The molecule has 1 unspecified atom stereocenters. The normalized spacial score (nSPS) is 24.6. The van der Waals surface area contributed by atoms with Gasteiger partial charge in [0.2, 0.25) is 0 Å². The van der Waals surface area contributed by atoms with Crippen LogP contribution in [0.2, 0.25) is 0 Å². The third-order valence-electron chi connectivity index (χ3n) is 6.15. The lowest BCUT2D eigenvalue weighted by atomic mass is 9.97. The van der Waals surface area contributed by atoms with Crippen molar-refractivity contribution in [3.63, 3.8) is 0 Å². The zero-order chi connectivity index (χ0) is 18.8. The highest BCUT2D eigenvalue weighted by molar-refractivity contribution is 5.98. The summed E-state index contributed by atoms with van der Waals surface area (Å²) in [5, 5.41) is 0. The van der Waals surface area contributed by atoms with E-state index >= 15 is 0 Å². The number of nitrogens with zero attached hydrogens (tertiary/aromatic N) is 3. The van der Waals surface area contributed by atoms with E-state index in [2.05, 4.69) is 11.8 Å². The van der Waals surface area contributed by atoms with Gasteiger partial charge in [0.15, 0.2) is 0 Å². The number of hydrogen-bond acceptors (Lipinski definition) is 4. The van der Waals surface area contributed by atoms with E-state index in [1.54, 1.807) is 29.2 Å². The van der Waals surface area contributed by atoms with Gasteiger partial charge in [0.25, 0.3) is 11.8 Å². The summed E-state index contributed by atoms with van der Waals surface area (Å²) in [5.74, 6) is 0.0849. The molecule has 2 amide bonds. The van der Waals surface area contributed by atoms with Gasteiger partial charge in [0.05, 0.1) is 13.2 Å². The minimum atomic E-state index is 0.0143. The quantitative estimate of drug-likeness (QED) is 0.814. The van der Waals surface area contributed by atoms with Crippen LogP contribution in [0, 0.1) is 0 Å². The molecule has 146 valence electrons. The van der Waals surface area contributed by atoms with E-state index < -0.39 is 0 Å². The highest BCUT2D eigenvalue weighted by atomic mass is 16.5. The minimum Gasteiger partial charge on any atom is -0.378 e. The van der Waals surface area contributed by atoms with Crippen LogP contribution in [0.1, 0.15) is 46.9 Å². The van der Waals surface area contributed by atoms with Crippen LogP contribution < -0.4 is 0 Å². The zero-order valence-electron chi connectivity index (χ0n) is 16.1. The van der Waals surface area contributed by atoms with Gasteiger partial charge < -0.3 is 14.5 Å². The number of piperidine rings is 1. The van der Waals surface area contributed by atoms with E-state index in [-0.39, 0.29) is 11.8 Å². The largest absolute Gasteiger partial charge is 0.378 e. The lowest BCUT2D eigenvalue weighted by molar-refractivity contribution is 0.00212. The second kappa shape index (κ2) is 7.98. The van der Waals surface area contributed by atoms with Crippen LogP contribution in [0.25, 0.3) is 0 Å². The SMILES string of the molecule is CC1CCCCN1C1CN(C(=O)c2ccc(C(=O)N3CCOCC3)cc2)C1. The van der Waals surface area contributed by atoms with Crippen LogP contribution in [0.5, 0.6) is 0 Å². The first kappa shape index (κ1) is 18.4. The lowest BCUT2D eigenvalue weighted by Gasteiger charge is -2.49. The molecule has 1 aromatic carbocycles. The molecule has 0 N–H and O–H groups in total. The number of benzene rings is 1. The van der Waals surface area contributed by atoms with Crippen LogP contribution in [0.3, 0.4) is 0 Å². The first-order chi connectivity index (χ1) is 13.1. The molecule has 1 aromatic rings. The van der Waals surface area contributed by atoms with Crippen LogP contribution >= 0.6 is 0 Å². The molecule has 3 aliphatic rings. The third-order valence-corrected chi connectivity index (χ3v) is 6.15. The Labute approximate surface area is 161 Å².